The quantitative estimate of drug-likeness (QED) is 0.834. The van der Waals surface area contributed by atoms with Gasteiger partial charge >= 0.3 is 5.97 Å². The summed E-state index contributed by atoms with van der Waals surface area (Å²) in [7, 11) is 2.08. The largest absolute Gasteiger partial charge is 0.481 e. The predicted molar refractivity (Wildman–Crippen MR) is 69.6 cm³/mol. The molecule has 2 aliphatic rings. The number of hydrogen-bond donors (Lipinski definition) is 1. The van der Waals surface area contributed by atoms with Crippen molar-refractivity contribution in [2.75, 3.05) is 26.8 Å². The molecule has 1 aliphatic heterocycles. The summed E-state index contributed by atoms with van der Waals surface area (Å²) in [5.74, 6) is -0.208. The van der Waals surface area contributed by atoms with Crippen molar-refractivity contribution in [2.45, 2.75) is 44.6 Å². The molecule has 0 amide bonds. The molecular weight excluding hydrogens is 230 g/mol. The lowest BCUT2D eigenvalue weighted by Gasteiger charge is -2.38. The second-order valence-electron chi connectivity index (χ2n) is 5.82. The van der Waals surface area contributed by atoms with Crippen molar-refractivity contribution < 1.29 is 14.6 Å². The molecule has 0 aromatic carbocycles. The zero-order chi connectivity index (χ0) is 13.0. The highest BCUT2D eigenvalue weighted by Crippen LogP contribution is 2.29. The van der Waals surface area contributed by atoms with Gasteiger partial charge < -0.3 is 14.7 Å². The lowest BCUT2D eigenvalue weighted by atomic mass is 9.83. The summed E-state index contributed by atoms with van der Waals surface area (Å²) in [5.41, 5.74) is 0. The highest BCUT2D eigenvalue weighted by Gasteiger charge is 2.34. The Balaban J connectivity index is 1.88. The molecule has 3 unspecified atom stereocenters. The smallest absolute Gasteiger partial charge is 0.308 e. The Morgan fingerprint density at radius 3 is 2.72 bits per heavy atom. The highest BCUT2D eigenvalue weighted by molar-refractivity contribution is 5.71. The third kappa shape index (κ3) is 3.45. The molecular formula is C14H25NO3. The molecule has 1 saturated carbocycles. The van der Waals surface area contributed by atoms with Crippen LogP contribution in [0.25, 0.3) is 0 Å². The van der Waals surface area contributed by atoms with E-state index in [1.165, 1.54) is 12.8 Å². The summed E-state index contributed by atoms with van der Waals surface area (Å²) >= 11 is 0. The lowest BCUT2D eigenvalue weighted by Crippen LogP contribution is -2.46. The molecule has 0 spiro atoms. The Morgan fingerprint density at radius 2 is 2.06 bits per heavy atom. The maximum atomic E-state index is 11.3. The zero-order valence-corrected chi connectivity index (χ0v) is 11.3. The van der Waals surface area contributed by atoms with Crippen LogP contribution in [0.15, 0.2) is 0 Å². The number of aliphatic carboxylic acids is 1. The number of nitrogens with zero attached hydrogens (tertiary/aromatic N) is 1. The maximum Gasteiger partial charge on any atom is 0.308 e. The van der Waals surface area contributed by atoms with Crippen LogP contribution in [0, 0.1) is 11.8 Å². The van der Waals surface area contributed by atoms with E-state index in [9.17, 15) is 9.90 Å². The molecule has 1 N–H and O–H groups in total. The summed E-state index contributed by atoms with van der Waals surface area (Å²) in [4.78, 5) is 13.6. The van der Waals surface area contributed by atoms with E-state index in [0.29, 0.717) is 5.92 Å². The minimum atomic E-state index is -0.619. The average Bonchev–Trinajstić information content (AvgIpc) is 2.40. The second-order valence-corrected chi connectivity index (χ2v) is 5.82. The first-order valence-corrected chi connectivity index (χ1v) is 7.19. The third-order valence-corrected chi connectivity index (χ3v) is 4.41. The van der Waals surface area contributed by atoms with Crippen molar-refractivity contribution >= 4 is 5.97 Å². The molecule has 0 radical (unpaired) electrons. The highest BCUT2D eigenvalue weighted by atomic mass is 16.5. The summed E-state index contributed by atoms with van der Waals surface area (Å²) in [6.07, 6.45) is 6.46. The Bertz CT molecular complexity index is 276. The fraction of sp³-hybridized carbons (Fsp3) is 0.929. The molecule has 2 rings (SSSR count). The Morgan fingerprint density at radius 1 is 1.28 bits per heavy atom. The molecule has 4 heteroatoms. The molecule has 104 valence electrons. The van der Waals surface area contributed by atoms with Gasteiger partial charge in [-0.2, -0.15) is 0 Å². The van der Waals surface area contributed by atoms with Crippen molar-refractivity contribution in [1.29, 1.82) is 0 Å². The molecule has 1 aliphatic carbocycles. The monoisotopic (exact) mass is 255 g/mol. The van der Waals surface area contributed by atoms with E-state index in [2.05, 4.69) is 11.9 Å². The van der Waals surface area contributed by atoms with E-state index < -0.39 is 5.97 Å². The first kappa shape index (κ1) is 13.8. The summed E-state index contributed by atoms with van der Waals surface area (Å²) < 4.78 is 5.50. The minimum absolute atomic E-state index is 0.173. The van der Waals surface area contributed by atoms with Gasteiger partial charge in [-0.3, -0.25) is 4.79 Å². The lowest BCUT2D eigenvalue weighted by molar-refractivity contribution is -0.145. The first-order valence-electron chi connectivity index (χ1n) is 7.19. The van der Waals surface area contributed by atoms with E-state index in [-0.39, 0.29) is 12.0 Å². The van der Waals surface area contributed by atoms with Crippen LogP contribution >= 0.6 is 0 Å². The third-order valence-electron chi connectivity index (χ3n) is 4.41. The maximum absolute atomic E-state index is 11.3. The van der Waals surface area contributed by atoms with Gasteiger partial charge in [-0.1, -0.05) is 12.8 Å². The van der Waals surface area contributed by atoms with Crippen LogP contribution in [0.5, 0.6) is 0 Å². The van der Waals surface area contributed by atoms with Gasteiger partial charge in [0.05, 0.1) is 12.5 Å². The molecule has 4 nitrogen and oxygen atoms in total. The SMILES string of the molecule is CN(CC1CCCOC1)C1CCCCC1C(=O)O. The standard InChI is InChI=1S/C14H25NO3/c1-15(9-11-5-4-8-18-10-11)13-7-3-2-6-12(13)14(16)17/h11-13H,2-10H2,1H3,(H,16,17). The van der Waals surface area contributed by atoms with E-state index in [4.69, 9.17) is 4.74 Å². The van der Waals surface area contributed by atoms with E-state index >= 15 is 0 Å². The van der Waals surface area contributed by atoms with Crippen LogP contribution in [0.2, 0.25) is 0 Å². The molecule has 1 saturated heterocycles. The number of carboxylic acid groups (broad SMARTS) is 1. The van der Waals surface area contributed by atoms with Gasteiger partial charge in [0.2, 0.25) is 0 Å². The van der Waals surface area contributed by atoms with E-state index in [1.54, 1.807) is 0 Å². The predicted octanol–water partition coefficient (Wildman–Crippen LogP) is 1.99. The first-order chi connectivity index (χ1) is 8.68. The van der Waals surface area contributed by atoms with Crippen LogP contribution in [0.1, 0.15) is 38.5 Å². The summed E-state index contributed by atoms with van der Waals surface area (Å²) in [6.45, 7) is 2.71. The fourth-order valence-corrected chi connectivity index (χ4v) is 3.42. The Labute approximate surface area is 109 Å². The van der Waals surface area contributed by atoms with Crippen LogP contribution in [-0.4, -0.2) is 48.8 Å². The van der Waals surface area contributed by atoms with E-state index in [1.807, 2.05) is 0 Å². The molecule has 3 atom stereocenters. The van der Waals surface area contributed by atoms with Crippen molar-refractivity contribution in [1.82, 2.24) is 4.90 Å². The normalized spacial score (nSPS) is 33.6. The van der Waals surface area contributed by atoms with Crippen molar-refractivity contribution in [3.05, 3.63) is 0 Å². The van der Waals surface area contributed by atoms with Gasteiger partial charge in [-0.25, -0.2) is 0 Å². The van der Waals surface area contributed by atoms with Gasteiger partial charge in [-0.05, 0) is 38.6 Å². The topological polar surface area (TPSA) is 49.8 Å². The molecule has 18 heavy (non-hydrogen) atoms. The minimum Gasteiger partial charge on any atom is -0.481 e. The van der Waals surface area contributed by atoms with Gasteiger partial charge in [-0.15, -0.1) is 0 Å². The number of carboxylic acids is 1. The molecule has 1 heterocycles. The average molecular weight is 255 g/mol. The number of ether oxygens (including phenoxy) is 1. The van der Waals surface area contributed by atoms with Crippen molar-refractivity contribution in [2.24, 2.45) is 11.8 Å². The number of hydrogen-bond acceptors (Lipinski definition) is 3. The van der Waals surface area contributed by atoms with Crippen LogP contribution in [-0.2, 0) is 9.53 Å². The molecule has 0 aromatic rings. The summed E-state index contributed by atoms with van der Waals surface area (Å²) in [5, 5.41) is 9.31. The van der Waals surface area contributed by atoms with Crippen LogP contribution < -0.4 is 0 Å². The fourth-order valence-electron chi connectivity index (χ4n) is 3.42. The molecule has 0 aromatic heterocycles. The van der Waals surface area contributed by atoms with Gasteiger partial charge in [0.25, 0.3) is 0 Å². The summed E-state index contributed by atoms with van der Waals surface area (Å²) in [6, 6.07) is 0.221. The number of carbonyl (C=O) groups is 1. The van der Waals surface area contributed by atoms with Gasteiger partial charge in [0.15, 0.2) is 0 Å². The van der Waals surface area contributed by atoms with Gasteiger partial charge in [0, 0.05) is 19.2 Å². The zero-order valence-electron chi connectivity index (χ0n) is 11.3. The van der Waals surface area contributed by atoms with Gasteiger partial charge in [0.1, 0.15) is 0 Å². The van der Waals surface area contributed by atoms with Crippen molar-refractivity contribution in [3.63, 3.8) is 0 Å². The second kappa shape index (κ2) is 6.53. The number of rotatable bonds is 4. The molecule has 2 fully saturated rings. The van der Waals surface area contributed by atoms with Crippen molar-refractivity contribution in [3.8, 4) is 0 Å². The Kier molecular flexibility index (Phi) is 5.01. The van der Waals surface area contributed by atoms with E-state index in [0.717, 1.165) is 45.4 Å². The Hall–Kier alpha value is -0.610. The molecule has 0 bridgehead atoms. The van der Waals surface area contributed by atoms with Crippen LogP contribution in [0.4, 0.5) is 0 Å². The van der Waals surface area contributed by atoms with Crippen LogP contribution in [0.3, 0.4) is 0 Å².